The Morgan fingerprint density at radius 1 is 1.04 bits per heavy atom. The molecule has 1 aromatic heterocycles. The monoisotopic (exact) mass is 360 g/mol. The van der Waals surface area contributed by atoms with E-state index in [-0.39, 0.29) is 11.7 Å². The Kier molecular flexibility index (Phi) is 4.97. The number of carbonyl (C=O) groups excluding carboxylic acids is 1. The average molecular weight is 360 g/mol. The molecular formula is C23H21FN2O. The molecule has 0 fully saturated rings. The maximum atomic E-state index is 13.1. The fraction of sp³-hybridized carbons (Fsp3) is 0.217. The van der Waals surface area contributed by atoms with Crippen LogP contribution in [0.2, 0.25) is 0 Å². The van der Waals surface area contributed by atoms with Crippen molar-refractivity contribution in [3.8, 4) is 0 Å². The Hall–Kier alpha value is -3.01. The summed E-state index contributed by atoms with van der Waals surface area (Å²) in [7, 11) is 0. The number of pyridine rings is 1. The number of amides is 1. The molecule has 0 saturated carbocycles. The highest BCUT2D eigenvalue weighted by Gasteiger charge is 2.18. The van der Waals surface area contributed by atoms with Gasteiger partial charge in [0.05, 0.1) is 5.52 Å². The van der Waals surface area contributed by atoms with Crippen molar-refractivity contribution >= 4 is 22.4 Å². The van der Waals surface area contributed by atoms with Gasteiger partial charge in [-0.2, -0.15) is 0 Å². The third kappa shape index (κ3) is 4.05. The zero-order valence-corrected chi connectivity index (χ0v) is 15.1. The third-order valence-electron chi connectivity index (χ3n) is 5.03. The lowest BCUT2D eigenvalue weighted by atomic mass is 9.99. The molecule has 0 N–H and O–H groups in total. The number of aromatic nitrogens is 1. The normalized spacial score (nSPS) is 14.3. The van der Waals surface area contributed by atoms with Crippen LogP contribution in [0.3, 0.4) is 0 Å². The van der Waals surface area contributed by atoms with Crippen molar-refractivity contribution < 1.29 is 9.18 Å². The lowest BCUT2D eigenvalue weighted by Gasteiger charge is -2.26. The predicted molar refractivity (Wildman–Crippen MR) is 106 cm³/mol. The maximum absolute atomic E-state index is 13.1. The molecule has 0 radical (unpaired) electrons. The fourth-order valence-corrected chi connectivity index (χ4v) is 3.46. The first-order chi connectivity index (χ1) is 13.2. The zero-order valence-electron chi connectivity index (χ0n) is 15.1. The molecule has 27 heavy (non-hydrogen) atoms. The van der Waals surface area contributed by atoms with Gasteiger partial charge in [0.15, 0.2) is 0 Å². The van der Waals surface area contributed by atoms with Crippen LogP contribution in [0.4, 0.5) is 4.39 Å². The van der Waals surface area contributed by atoms with Crippen LogP contribution in [0.5, 0.6) is 0 Å². The second-order valence-corrected chi connectivity index (χ2v) is 6.82. The molecule has 4 heteroatoms. The minimum atomic E-state index is -0.228. The molecule has 4 rings (SSSR count). The first-order valence-electron chi connectivity index (χ1n) is 9.26. The van der Waals surface area contributed by atoms with Crippen LogP contribution in [0.25, 0.3) is 16.5 Å². The number of aryl methyl sites for hydroxylation is 1. The first kappa shape index (κ1) is 17.4. The molecule has 0 unspecified atom stereocenters. The molecule has 3 aromatic rings. The van der Waals surface area contributed by atoms with Crippen LogP contribution in [0, 0.1) is 5.82 Å². The van der Waals surface area contributed by atoms with E-state index in [1.807, 2.05) is 35.2 Å². The van der Waals surface area contributed by atoms with Gasteiger partial charge in [0.1, 0.15) is 5.82 Å². The number of carbonyl (C=O) groups is 1. The molecule has 0 saturated heterocycles. The quantitative estimate of drug-likeness (QED) is 0.680. The predicted octanol–water partition coefficient (Wildman–Crippen LogP) is 4.62. The van der Waals surface area contributed by atoms with Crippen LogP contribution >= 0.6 is 0 Å². The standard InChI is InChI=1S/C23H21FN2O/c24-20-8-5-17(6-9-20)18-13-15-26(16-14-18)23(27)12-11-21-10-7-19-3-1-2-4-22(19)25-21/h1-10,13H,11-12,14-16H2. The SMILES string of the molecule is O=C(CCc1ccc2ccccc2n1)N1CC=C(c2ccc(F)cc2)CC1. The molecule has 1 aliphatic rings. The van der Waals surface area contributed by atoms with Crippen molar-refractivity contribution in [2.45, 2.75) is 19.3 Å². The van der Waals surface area contributed by atoms with Crippen molar-refractivity contribution in [3.05, 3.63) is 83.8 Å². The number of hydrogen-bond acceptors (Lipinski definition) is 2. The Morgan fingerprint density at radius 2 is 1.85 bits per heavy atom. The molecule has 1 aliphatic heterocycles. The molecule has 2 aromatic carbocycles. The summed E-state index contributed by atoms with van der Waals surface area (Å²) >= 11 is 0. The summed E-state index contributed by atoms with van der Waals surface area (Å²) in [5, 5.41) is 1.11. The van der Waals surface area contributed by atoms with Gasteiger partial charge in [-0.3, -0.25) is 9.78 Å². The van der Waals surface area contributed by atoms with E-state index in [1.54, 1.807) is 12.1 Å². The lowest BCUT2D eigenvalue weighted by Crippen LogP contribution is -2.34. The van der Waals surface area contributed by atoms with E-state index in [9.17, 15) is 9.18 Å². The smallest absolute Gasteiger partial charge is 0.223 e. The van der Waals surface area contributed by atoms with E-state index >= 15 is 0 Å². The third-order valence-corrected chi connectivity index (χ3v) is 5.03. The summed E-state index contributed by atoms with van der Waals surface area (Å²) in [5.41, 5.74) is 4.12. The van der Waals surface area contributed by atoms with Gasteiger partial charge in [-0.05, 0) is 48.2 Å². The molecule has 2 heterocycles. The van der Waals surface area contributed by atoms with Crippen molar-refractivity contribution in [3.63, 3.8) is 0 Å². The number of para-hydroxylation sites is 1. The molecular weight excluding hydrogens is 339 g/mol. The summed E-state index contributed by atoms with van der Waals surface area (Å²) in [4.78, 5) is 19.1. The molecule has 136 valence electrons. The summed E-state index contributed by atoms with van der Waals surface area (Å²) in [6.45, 7) is 1.31. The van der Waals surface area contributed by atoms with Crippen LogP contribution in [0.15, 0.2) is 66.7 Å². The summed E-state index contributed by atoms with van der Waals surface area (Å²) in [6.07, 6.45) is 3.98. The molecule has 0 aliphatic carbocycles. The number of fused-ring (bicyclic) bond motifs is 1. The van der Waals surface area contributed by atoms with Crippen LogP contribution in [-0.4, -0.2) is 28.9 Å². The molecule has 1 amide bonds. The van der Waals surface area contributed by atoms with Crippen LogP contribution < -0.4 is 0 Å². The average Bonchev–Trinajstić information content (AvgIpc) is 2.72. The van der Waals surface area contributed by atoms with Crippen molar-refractivity contribution in [1.82, 2.24) is 9.88 Å². The second kappa shape index (κ2) is 7.70. The van der Waals surface area contributed by atoms with Crippen LogP contribution in [-0.2, 0) is 11.2 Å². The molecule has 3 nitrogen and oxygen atoms in total. The topological polar surface area (TPSA) is 33.2 Å². The zero-order chi connectivity index (χ0) is 18.6. The largest absolute Gasteiger partial charge is 0.339 e. The molecule has 0 spiro atoms. The van der Waals surface area contributed by atoms with Crippen molar-refractivity contribution in [1.29, 1.82) is 0 Å². The number of rotatable bonds is 4. The van der Waals surface area contributed by atoms with E-state index in [4.69, 9.17) is 0 Å². The number of nitrogens with zero attached hydrogens (tertiary/aromatic N) is 2. The highest BCUT2D eigenvalue weighted by molar-refractivity contribution is 5.80. The highest BCUT2D eigenvalue weighted by Crippen LogP contribution is 2.23. The Balaban J connectivity index is 1.35. The van der Waals surface area contributed by atoms with Gasteiger partial charge in [-0.1, -0.05) is 42.5 Å². The van der Waals surface area contributed by atoms with E-state index in [0.717, 1.165) is 28.6 Å². The fourth-order valence-electron chi connectivity index (χ4n) is 3.46. The number of benzene rings is 2. The van der Waals surface area contributed by atoms with Crippen molar-refractivity contribution in [2.75, 3.05) is 13.1 Å². The van der Waals surface area contributed by atoms with E-state index in [1.165, 1.54) is 17.7 Å². The van der Waals surface area contributed by atoms with E-state index < -0.39 is 0 Å². The Labute approximate surface area is 158 Å². The van der Waals surface area contributed by atoms with Crippen molar-refractivity contribution in [2.24, 2.45) is 0 Å². The van der Waals surface area contributed by atoms with Gasteiger partial charge in [-0.25, -0.2) is 4.39 Å². The Bertz CT molecular complexity index is 995. The van der Waals surface area contributed by atoms with Gasteiger partial charge < -0.3 is 4.90 Å². The van der Waals surface area contributed by atoms with Gasteiger partial charge in [0, 0.05) is 30.6 Å². The summed E-state index contributed by atoms with van der Waals surface area (Å²) < 4.78 is 13.1. The second-order valence-electron chi connectivity index (χ2n) is 6.82. The Morgan fingerprint density at radius 3 is 2.63 bits per heavy atom. The first-order valence-corrected chi connectivity index (χ1v) is 9.26. The number of halogens is 1. The summed E-state index contributed by atoms with van der Waals surface area (Å²) in [6, 6.07) is 18.6. The summed E-state index contributed by atoms with van der Waals surface area (Å²) in [5.74, 6) is -0.0753. The minimum Gasteiger partial charge on any atom is -0.339 e. The van der Waals surface area contributed by atoms with Gasteiger partial charge in [0.25, 0.3) is 0 Å². The number of hydrogen-bond donors (Lipinski definition) is 0. The minimum absolute atomic E-state index is 0.152. The van der Waals surface area contributed by atoms with Gasteiger partial charge >= 0.3 is 0 Å². The van der Waals surface area contributed by atoms with Crippen LogP contribution in [0.1, 0.15) is 24.1 Å². The molecule has 0 bridgehead atoms. The lowest BCUT2D eigenvalue weighted by molar-refractivity contribution is -0.130. The van der Waals surface area contributed by atoms with Gasteiger partial charge in [0.2, 0.25) is 5.91 Å². The van der Waals surface area contributed by atoms with E-state index in [0.29, 0.717) is 25.9 Å². The van der Waals surface area contributed by atoms with E-state index in [2.05, 4.69) is 17.1 Å². The maximum Gasteiger partial charge on any atom is 0.223 e. The highest BCUT2D eigenvalue weighted by atomic mass is 19.1. The van der Waals surface area contributed by atoms with Gasteiger partial charge in [-0.15, -0.1) is 0 Å². The molecule has 0 atom stereocenters.